The van der Waals surface area contributed by atoms with Crippen molar-refractivity contribution in [2.45, 2.75) is 51.1 Å². The molecule has 2 rings (SSSR count). The summed E-state index contributed by atoms with van der Waals surface area (Å²) >= 11 is 6.14. The number of hydrogen-bond acceptors (Lipinski definition) is 4. The Balaban J connectivity index is 2.03. The molecule has 7 heteroatoms. The van der Waals surface area contributed by atoms with Crippen LogP contribution in [0.2, 0.25) is 5.02 Å². The molecule has 0 radical (unpaired) electrons. The molecule has 3 N–H and O–H groups in total. The summed E-state index contributed by atoms with van der Waals surface area (Å²) in [7, 11) is 3.20. The average Bonchev–Trinajstić information content (AvgIpc) is 2.92. The highest BCUT2D eigenvalue weighted by atomic mass is 35.5. The van der Waals surface area contributed by atoms with Crippen molar-refractivity contribution < 1.29 is 9.53 Å². The van der Waals surface area contributed by atoms with Crippen LogP contribution < -0.4 is 15.8 Å². The van der Waals surface area contributed by atoms with Crippen LogP contribution in [0.25, 0.3) is 0 Å². The van der Waals surface area contributed by atoms with Crippen LogP contribution in [-0.2, 0) is 11.3 Å². The van der Waals surface area contributed by atoms with E-state index < -0.39 is 5.92 Å². The number of amides is 1. The van der Waals surface area contributed by atoms with Crippen LogP contribution in [0.5, 0.6) is 5.75 Å². The van der Waals surface area contributed by atoms with Gasteiger partial charge in [-0.3, -0.25) is 14.8 Å². The molecule has 1 fully saturated rings. The van der Waals surface area contributed by atoms with E-state index in [0.717, 1.165) is 31.2 Å². The fourth-order valence-corrected chi connectivity index (χ4v) is 3.51. The highest BCUT2D eigenvalue weighted by Crippen LogP contribution is 2.25. The van der Waals surface area contributed by atoms with Gasteiger partial charge in [-0.15, -0.1) is 0 Å². The van der Waals surface area contributed by atoms with Crippen LogP contribution in [0.15, 0.2) is 28.2 Å². The Morgan fingerprint density at radius 1 is 1.37 bits per heavy atom. The second-order valence-corrected chi connectivity index (χ2v) is 7.20. The highest BCUT2D eigenvalue weighted by molar-refractivity contribution is 6.32. The fraction of sp³-hybridized carbons (Fsp3) is 0.550. The zero-order valence-corrected chi connectivity index (χ0v) is 16.8. The molecular weight excluding hydrogens is 364 g/mol. The van der Waals surface area contributed by atoms with E-state index in [9.17, 15) is 4.79 Å². The zero-order valence-electron chi connectivity index (χ0n) is 16.1. The molecule has 0 saturated heterocycles. The van der Waals surface area contributed by atoms with Crippen molar-refractivity contribution in [3.05, 3.63) is 28.8 Å². The smallest absolute Gasteiger partial charge is 0.236 e. The zero-order chi connectivity index (χ0) is 19.6. The molecule has 0 aromatic heterocycles. The first-order valence-electron chi connectivity index (χ1n) is 9.40. The number of amidine groups is 1. The Morgan fingerprint density at radius 3 is 2.67 bits per heavy atom. The van der Waals surface area contributed by atoms with Gasteiger partial charge in [0, 0.05) is 19.3 Å². The summed E-state index contributed by atoms with van der Waals surface area (Å²) in [6.07, 6.45) is 8.36. The van der Waals surface area contributed by atoms with E-state index in [4.69, 9.17) is 22.1 Å². The molecule has 0 spiro atoms. The van der Waals surface area contributed by atoms with E-state index in [0.29, 0.717) is 17.3 Å². The third-order valence-corrected chi connectivity index (χ3v) is 5.06. The molecule has 0 aliphatic heterocycles. The number of nitrogens with zero attached hydrogens (tertiary/aromatic N) is 2. The molecule has 27 heavy (non-hydrogen) atoms. The van der Waals surface area contributed by atoms with Crippen molar-refractivity contribution in [3.63, 3.8) is 0 Å². The number of benzene rings is 1. The van der Waals surface area contributed by atoms with Crippen molar-refractivity contribution in [1.29, 1.82) is 0 Å². The van der Waals surface area contributed by atoms with Crippen molar-refractivity contribution in [2.75, 3.05) is 14.2 Å². The van der Waals surface area contributed by atoms with Gasteiger partial charge in [0.1, 0.15) is 17.5 Å². The van der Waals surface area contributed by atoms with E-state index in [2.05, 4.69) is 15.3 Å². The van der Waals surface area contributed by atoms with Gasteiger partial charge in [-0.2, -0.15) is 0 Å². The molecule has 1 atom stereocenters. The first-order valence-corrected chi connectivity index (χ1v) is 9.77. The summed E-state index contributed by atoms with van der Waals surface area (Å²) in [6.45, 7) is 0.334. The maximum Gasteiger partial charge on any atom is 0.236 e. The summed E-state index contributed by atoms with van der Waals surface area (Å²) in [6, 6.07) is 5.65. The summed E-state index contributed by atoms with van der Waals surface area (Å²) in [5, 5.41) is 3.63. The van der Waals surface area contributed by atoms with E-state index in [1.807, 2.05) is 6.07 Å². The second-order valence-electron chi connectivity index (χ2n) is 6.79. The summed E-state index contributed by atoms with van der Waals surface area (Å²) in [4.78, 5) is 21.1. The quantitative estimate of drug-likeness (QED) is 0.423. The Kier molecular flexibility index (Phi) is 8.58. The summed E-state index contributed by atoms with van der Waals surface area (Å²) in [5.74, 6) is 0.0586. The van der Waals surface area contributed by atoms with Crippen molar-refractivity contribution in [3.8, 4) is 5.75 Å². The van der Waals surface area contributed by atoms with Crippen LogP contribution >= 0.6 is 11.6 Å². The maximum atomic E-state index is 12.7. The number of nitrogens with one attached hydrogen (secondary N) is 1. The lowest BCUT2D eigenvalue weighted by molar-refractivity contribution is -0.122. The largest absolute Gasteiger partial charge is 0.495 e. The standard InChI is InChI=1S/C20H29ClN4O2/c1-23-13-16(20(26)25-15-7-5-3-4-6-8-15)19(22)24-12-14-9-10-18(27-2)17(21)11-14/h9-11,13,15-16H,3-8,12H2,1-2H3,(H2,22,24)(H,25,26). The van der Waals surface area contributed by atoms with Crippen LogP contribution in [-0.4, -0.2) is 38.2 Å². The number of rotatable bonds is 7. The molecule has 1 amide bonds. The van der Waals surface area contributed by atoms with Gasteiger partial charge in [0.15, 0.2) is 0 Å². The molecule has 1 unspecified atom stereocenters. The molecule has 1 aromatic carbocycles. The minimum atomic E-state index is -0.660. The Labute approximate surface area is 166 Å². The lowest BCUT2D eigenvalue weighted by Crippen LogP contribution is -2.44. The molecule has 148 valence electrons. The second kappa shape index (κ2) is 10.9. The number of aliphatic imine (C=N–C) groups is 2. The Bertz CT molecular complexity index is 683. The normalized spacial score (nSPS) is 17.5. The van der Waals surface area contributed by atoms with Gasteiger partial charge in [-0.05, 0) is 30.5 Å². The number of nitrogens with two attached hydrogens (primary N) is 1. The van der Waals surface area contributed by atoms with Crippen LogP contribution in [0.4, 0.5) is 0 Å². The first kappa shape index (κ1) is 21.2. The van der Waals surface area contributed by atoms with Crippen molar-refractivity contribution in [1.82, 2.24) is 5.32 Å². The van der Waals surface area contributed by atoms with Crippen molar-refractivity contribution in [2.24, 2.45) is 21.6 Å². The third kappa shape index (κ3) is 6.54. The average molecular weight is 393 g/mol. The van der Waals surface area contributed by atoms with E-state index >= 15 is 0 Å². The van der Waals surface area contributed by atoms with Gasteiger partial charge in [-0.25, -0.2) is 0 Å². The topological polar surface area (TPSA) is 89.1 Å². The van der Waals surface area contributed by atoms with E-state index in [1.54, 1.807) is 32.5 Å². The molecule has 6 nitrogen and oxygen atoms in total. The molecule has 1 aliphatic carbocycles. The highest BCUT2D eigenvalue weighted by Gasteiger charge is 2.23. The number of ether oxygens (including phenoxy) is 1. The number of halogens is 1. The molecule has 1 aliphatic rings. The number of methoxy groups -OCH3 is 1. The Hall–Kier alpha value is -2.08. The lowest BCUT2D eigenvalue weighted by atomic mass is 10.1. The molecule has 0 heterocycles. The maximum absolute atomic E-state index is 12.7. The van der Waals surface area contributed by atoms with Gasteiger partial charge in [0.05, 0.1) is 18.7 Å². The van der Waals surface area contributed by atoms with Gasteiger partial charge in [0.2, 0.25) is 5.91 Å². The minimum absolute atomic E-state index is 0.137. The lowest BCUT2D eigenvalue weighted by Gasteiger charge is -2.19. The van der Waals surface area contributed by atoms with Gasteiger partial charge < -0.3 is 15.8 Å². The predicted octanol–water partition coefficient (Wildman–Crippen LogP) is 3.36. The Morgan fingerprint density at radius 2 is 2.07 bits per heavy atom. The van der Waals surface area contributed by atoms with Crippen LogP contribution in [0, 0.1) is 5.92 Å². The molecular formula is C20H29ClN4O2. The van der Waals surface area contributed by atoms with Crippen molar-refractivity contribution >= 4 is 29.6 Å². The number of hydrogen-bond donors (Lipinski definition) is 2. The monoisotopic (exact) mass is 392 g/mol. The predicted molar refractivity (Wildman–Crippen MR) is 111 cm³/mol. The van der Waals surface area contributed by atoms with Gasteiger partial charge >= 0.3 is 0 Å². The minimum Gasteiger partial charge on any atom is -0.495 e. The van der Waals surface area contributed by atoms with E-state index in [1.165, 1.54) is 12.8 Å². The summed E-state index contributed by atoms with van der Waals surface area (Å²) < 4.78 is 5.15. The molecule has 1 aromatic rings. The van der Waals surface area contributed by atoms with E-state index in [-0.39, 0.29) is 17.8 Å². The summed E-state index contributed by atoms with van der Waals surface area (Å²) in [5.41, 5.74) is 7.01. The molecule has 0 bridgehead atoms. The SMILES string of the molecule is CN=CC(C(=O)NC1CCCCCC1)C(N)=NCc1ccc(OC)c(Cl)c1. The van der Waals surface area contributed by atoms with Crippen LogP contribution in [0.3, 0.4) is 0 Å². The third-order valence-electron chi connectivity index (χ3n) is 4.76. The van der Waals surface area contributed by atoms with Crippen LogP contribution in [0.1, 0.15) is 44.1 Å². The first-order chi connectivity index (χ1) is 13.0. The van der Waals surface area contributed by atoms with Gasteiger partial charge in [-0.1, -0.05) is 43.4 Å². The fourth-order valence-electron chi connectivity index (χ4n) is 3.23. The molecule has 1 saturated carbocycles. The number of carbonyl (C=O) groups is 1. The number of carbonyl (C=O) groups excluding carboxylic acids is 1. The van der Waals surface area contributed by atoms with Gasteiger partial charge in [0.25, 0.3) is 0 Å².